The Morgan fingerprint density at radius 1 is 1.04 bits per heavy atom. The molecule has 0 N–H and O–H groups in total. The van der Waals surface area contributed by atoms with Crippen molar-refractivity contribution in [1.29, 1.82) is 0 Å². The summed E-state index contributed by atoms with van der Waals surface area (Å²) in [5.74, 6) is 0.332. The van der Waals surface area contributed by atoms with Crippen LogP contribution in [0.5, 0.6) is 0 Å². The Morgan fingerprint density at radius 2 is 1.65 bits per heavy atom. The molecule has 132 valence electrons. The van der Waals surface area contributed by atoms with Crippen molar-refractivity contribution in [3.05, 3.63) is 0 Å². The molecular weight excluding hydrogens is 292 g/mol. The summed E-state index contributed by atoms with van der Waals surface area (Å²) in [6.45, 7) is 10.7. The molecule has 0 unspecified atom stereocenters. The van der Waals surface area contributed by atoms with Crippen LogP contribution in [-0.4, -0.2) is 73.9 Å². The molecule has 3 fully saturated rings. The third-order valence-electron chi connectivity index (χ3n) is 5.87. The van der Waals surface area contributed by atoms with Crippen LogP contribution in [0.3, 0.4) is 0 Å². The van der Waals surface area contributed by atoms with Gasteiger partial charge in [0.15, 0.2) is 0 Å². The van der Waals surface area contributed by atoms with E-state index in [9.17, 15) is 4.79 Å². The summed E-state index contributed by atoms with van der Waals surface area (Å²) in [6, 6.07) is 0. The molecule has 1 spiro atoms. The van der Waals surface area contributed by atoms with Crippen LogP contribution >= 0.6 is 0 Å². The fourth-order valence-electron chi connectivity index (χ4n) is 4.41. The number of amides is 1. The highest BCUT2D eigenvalue weighted by molar-refractivity contribution is 5.76. The van der Waals surface area contributed by atoms with Crippen molar-refractivity contribution < 1.29 is 14.3 Å². The minimum Gasteiger partial charge on any atom is -0.381 e. The minimum absolute atomic E-state index is 0.275. The molecule has 0 aromatic carbocycles. The highest BCUT2D eigenvalue weighted by atomic mass is 16.5. The summed E-state index contributed by atoms with van der Waals surface area (Å²) < 4.78 is 11.3. The molecule has 0 radical (unpaired) electrons. The number of likely N-dealkylation sites (tertiary alicyclic amines) is 1. The maximum atomic E-state index is 12.5. The van der Waals surface area contributed by atoms with E-state index in [-0.39, 0.29) is 12.2 Å². The number of morpholine rings is 1. The van der Waals surface area contributed by atoms with Gasteiger partial charge in [0, 0.05) is 52.4 Å². The minimum atomic E-state index is 0.275. The van der Waals surface area contributed by atoms with Gasteiger partial charge in [0.25, 0.3) is 0 Å². The Bertz CT molecular complexity index is 389. The topological polar surface area (TPSA) is 42.0 Å². The molecule has 0 aliphatic carbocycles. The maximum absolute atomic E-state index is 12.5. The van der Waals surface area contributed by atoms with Crippen molar-refractivity contribution >= 4 is 5.91 Å². The first-order valence-corrected chi connectivity index (χ1v) is 9.30. The van der Waals surface area contributed by atoms with E-state index in [0.29, 0.717) is 17.7 Å². The van der Waals surface area contributed by atoms with Crippen LogP contribution in [0.2, 0.25) is 0 Å². The van der Waals surface area contributed by atoms with E-state index < -0.39 is 0 Å². The molecule has 0 aromatic rings. The van der Waals surface area contributed by atoms with Crippen molar-refractivity contribution in [2.75, 3.05) is 45.9 Å². The third-order valence-corrected chi connectivity index (χ3v) is 5.87. The van der Waals surface area contributed by atoms with Crippen molar-refractivity contribution in [3.8, 4) is 0 Å². The van der Waals surface area contributed by atoms with Gasteiger partial charge in [-0.25, -0.2) is 0 Å². The standard InChI is InChI=1S/C18H32N2O3/c1-15-13-19(14-16(2)23-15)8-3-17(21)20-9-4-18(5-10-20)6-11-22-12-7-18/h15-16H,3-14H2,1-2H3/t15-,16+. The van der Waals surface area contributed by atoms with E-state index in [4.69, 9.17) is 9.47 Å². The second-order valence-electron chi connectivity index (χ2n) is 7.76. The number of carbonyl (C=O) groups excluding carboxylic acids is 1. The zero-order valence-electron chi connectivity index (χ0n) is 14.8. The van der Waals surface area contributed by atoms with E-state index in [2.05, 4.69) is 23.6 Å². The SMILES string of the molecule is C[C@@H]1CN(CCC(=O)N2CCC3(CCOCC3)CC2)C[C@H](C)O1. The quantitative estimate of drug-likeness (QED) is 0.795. The van der Waals surface area contributed by atoms with E-state index in [0.717, 1.165) is 58.8 Å². The normalized spacial score (nSPS) is 32.2. The lowest BCUT2D eigenvalue weighted by Crippen LogP contribution is -2.48. The smallest absolute Gasteiger partial charge is 0.223 e. The zero-order valence-corrected chi connectivity index (χ0v) is 14.8. The Morgan fingerprint density at radius 3 is 2.26 bits per heavy atom. The molecule has 0 bridgehead atoms. The summed E-state index contributed by atoms with van der Waals surface area (Å²) in [6.07, 6.45) is 5.88. The number of carbonyl (C=O) groups is 1. The second kappa shape index (κ2) is 7.49. The summed E-state index contributed by atoms with van der Waals surface area (Å²) in [4.78, 5) is 17.0. The van der Waals surface area contributed by atoms with Gasteiger partial charge in [-0.2, -0.15) is 0 Å². The summed E-state index contributed by atoms with van der Waals surface area (Å²) in [5.41, 5.74) is 0.462. The van der Waals surface area contributed by atoms with E-state index in [1.807, 2.05) is 0 Å². The number of nitrogens with zero attached hydrogens (tertiary/aromatic N) is 2. The molecule has 3 aliphatic heterocycles. The Hall–Kier alpha value is -0.650. The van der Waals surface area contributed by atoms with Crippen LogP contribution in [-0.2, 0) is 14.3 Å². The molecule has 2 atom stereocenters. The summed E-state index contributed by atoms with van der Waals surface area (Å²) >= 11 is 0. The summed E-state index contributed by atoms with van der Waals surface area (Å²) in [5, 5.41) is 0. The van der Waals surface area contributed by atoms with Gasteiger partial charge in [-0.3, -0.25) is 9.69 Å². The van der Waals surface area contributed by atoms with Crippen molar-refractivity contribution in [1.82, 2.24) is 9.80 Å². The first-order chi connectivity index (χ1) is 11.1. The summed E-state index contributed by atoms with van der Waals surface area (Å²) in [7, 11) is 0. The molecule has 3 aliphatic rings. The molecule has 23 heavy (non-hydrogen) atoms. The van der Waals surface area contributed by atoms with Crippen molar-refractivity contribution in [2.24, 2.45) is 5.41 Å². The van der Waals surface area contributed by atoms with E-state index >= 15 is 0 Å². The first-order valence-electron chi connectivity index (χ1n) is 9.30. The van der Waals surface area contributed by atoms with Crippen LogP contribution < -0.4 is 0 Å². The first kappa shape index (κ1) is 17.2. The number of hydrogen-bond donors (Lipinski definition) is 0. The highest BCUT2D eigenvalue weighted by Gasteiger charge is 2.37. The van der Waals surface area contributed by atoms with E-state index in [1.165, 1.54) is 12.8 Å². The molecule has 0 aromatic heterocycles. The number of piperidine rings is 1. The van der Waals surface area contributed by atoms with Gasteiger partial charge in [-0.15, -0.1) is 0 Å². The lowest BCUT2D eigenvalue weighted by Gasteiger charge is -2.44. The lowest BCUT2D eigenvalue weighted by molar-refractivity contribution is -0.136. The molecule has 3 rings (SSSR count). The number of rotatable bonds is 3. The fraction of sp³-hybridized carbons (Fsp3) is 0.944. The zero-order chi connectivity index (χ0) is 16.3. The predicted octanol–water partition coefficient (Wildman–Crippen LogP) is 1.90. The largest absolute Gasteiger partial charge is 0.381 e. The monoisotopic (exact) mass is 324 g/mol. The van der Waals surface area contributed by atoms with Gasteiger partial charge in [0.2, 0.25) is 5.91 Å². The Balaban J connectivity index is 1.41. The van der Waals surface area contributed by atoms with Gasteiger partial charge in [-0.05, 0) is 44.9 Å². The molecule has 5 heteroatoms. The predicted molar refractivity (Wildman–Crippen MR) is 89.4 cm³/mol. The molecule has 3 saturated heterocycles. The highest BCUT2D eigenvalue weighted by Crippen LogP contribution is 2.40. The maximum Gasteiger partial charge on any atom is 0.223 e. The average molecular weight is 324 g/mol. The van der Waals surface area contributed by atoms with E-state index in [1.54, 1.807) is 0 Å². The van der Waals surface area contributed by atoms with Gasteiger partial charge < -0.3 is 14.4 Å². The Kier molecular flexibility index (Phi) is 5.60. The van der Waals surface area contributed by atoms with Crippen molar-refractivity contribution in [3.63, 3.8) is 0 Å². The second-order valence-corrected chi connectivity index (χ2v) is 7.76. The van der Waals surface area contributed by atoms with Gasteiger partial charge in [-0.1, -0.05) is 0 Å². The number of ether oxygens (including phenoxy) is 2. The van der Waals surface area contributed by atoms with Crippen LogP contribution in [0.15, 0.2) is 0 Å². The molecule has 1 amide bonds. The van der Waals surface area contributed by atoms with Crippen LogP contribution in [0.4, 0.5) is 0 Å². The van der Waals surface area contributed by atoms with Crippen LogP contribution in [0.1, 0.15) is 46.0 Å². The van der Waals surface area contributed by atoms with Crippen molar-refractivity contribution in [2.45, 2.75) is 58.2 Å². The third kappa shape index (κ3) is 4.46. The Labute approximate surface area is 140 Å². The van der Waals surface area contributed by atoms with Gasteiger partial charge >= 0.3 is 0 Å². The molecular formula is C18H32N2O3. The number of hydrogen-bond acceptors (Lipinski definition) is 4. The van der Waals surface area contributed by atoms with Gasteiger partial charge in [0.1, 0.15) is 0 Å². The average Bonchev–Trinajstić information content (AvgIpc) is 2.53. The van der Waals surface area contributed by atoms with Crippen LogP contribution in [0, 0.1) is 5.41 Å². The molecule has 3 heterocycles. The fourth-order valence-corrected chi connectivity index (χ4v) is 4.41. The molecule has 5 nitrogen and oxygen atoms in total. The lowest BCUT2D eigenvalue weighted by atomic mass is 9.72. The molecule has 0 saturated carbocycles. The van der Waals surface area contributed by atoms with Crippen LogP contribution in [0.25, 0.3) is 0 Å². The van der Waals surface area contributed by atoms with Gasteiger partial charge in [0.05, 0.1) is 12.2 Å².